The highest BCUT2D eigenvalue weighted by atomic mass is 15.0. The van der Waals surface area contributed by atoms with E-state index in [4.69, 9.17) is 0 Å². The Labute approximate surface area is 134 Å². The number of hydrogen-bond donors (Lipinski definition) is 1. The summed E-state index contributed by atoms with van der Waals surface area (Å²) in [6.07, 6.45) is 11.7. The quantitative estimate of drug-likeness (QED) is 0.315. The SMILES string of the molecule is C=C(C)CCCCC(CC)CCCCC(=C)NC(C)(C)C. The van der Waals surface area contributed by atoms with Crippen LogP contribution < -0.4 is 5.32 Å². The Morgan fingerprint density at radius 1 is 0.952 bits per heavy atom. The molecule has 124 valence electrons. The Morgan fingerprint density at radius 3 is 1.90 bits per heavy atom. The van der Waals surface area contributed by atoms with Crippen molar-refractivity contribution in [3.05, 3.63) is 24.4 Å². The third-order valence-electron chi connectivity index (χ3n) is 3.94. The summed E-state index contributed by atoms with van der Waals surface area (Å²) in [5.74, 6) is 0.916. The maximum atomic E-state index is 4.13. The van der Waals surface area contributed by atoms with Crippen molar-refractivity contribution in [1.82, 2.24) is 5.32 Å². The summed E-state index contributed by atoms with van der Waals surface area (Å²) in [7, 11) is 0. The van der Waals surface area contributed by atoms with E-state index in [2.05, 4.69) is 53.1 Å². The van der Waals surface area contributed by atoms with Gasteiger partial charge in [-0.2, -0.15) is 0 Å². The van der Waals surface area contributed by atoms with Gasteiger partial charge in [0, 0.05) is 11.2 Å². The first-order valence-electron chi connectivity index (χ1n) is 8.85. The molecule has 0 fully saturated rings. The van der Waals surface area contributed by atoms with E-state index in [1.807, 2.05) is 0 Å². The molecule has 1 unspecified atom stereocenters. The van der Waals surface area contributed by atoms with Crippen molar-refractivity contribution in [3.63, 3.8) is 0 Å². The minimum absolute atomic E-state index is 0.145. The van der Waals surface area contributed by atoms with Crippen LogP contribution in [0.1, 0.15) is 92.4 Å². The second kappa shape index (κ2) is 10.9. The third kappa shape index (κ3) is 14.0. The minimum Gasteiger partial charge on any atom is -0.384 e. The van der Waals surface area contributed by atoms with Gasteiger partial charge in [0.25, 0.3) is 0 Å². The van der Waals surface area contributed by atoms with Gasteiger partial charge in [-0.25, -0.2) is 0 Å². The van der Waals surface area contributed by atoms with Gasteiger partial charge in [-0.3, -0.25) is 0 Å². The highest BCUT2D eigenvalue weighted by molar-refractivity contribution is 4.95. The van der Waals surface area contributed by atoms with Gasteiger partial charge >= 0.3 is 0 Å². The van der Waals surface area contributed by atoms with E-state index < -0.39 is 0 Å². The number of unbranched alkanes of at least 4 members (excludes halogenated alkanes) is 2. The second-order valence-electron chi connectivity index (χ2n) is 7.70. The predicted octanol–water partition coefficient (Wildman–Crippen LogP) is 6.61. The van der Waals surface area contributed by atoms with Crippen LogP contribution in [0.15, 0.2) is 24.4 Å². The Morgan fingerprint density at radius 2 is 1.48 bits per heavy atom. The molecule has 0 aromatic rings. The van der Waals surface area contributed by atoms with Gasteiger partial charge in [0.1, 0.15) is 0 Å². The van der Waals surface area contributed by atoms with Gasteiger partial charge in [0.2, 0.25) is 0 Å². The minimum atomic E-state index is 0.145. The number of hydrogen-bond acceptors (Lipinski definition) is 1. The zero-order valence-corrected chi connectivity index (χ0v) is 15.4. The van der Waals surface area contributed by atoms with Crippen LogP contribution in [0.4, 0.5) is 0 Å². The van der Waals surface area contributed by atoms with E-state index in [9.17, 15) is 0 Å². The zero-order valence-electron chi connectivity index (χ0n) is 15.4. The molecule has 0 radical (unpaired) electrons. The molecule has 1 heteroatoms. The summed E-state index contributed by atoms with van der Waals surface area (Å²) >= 11 is 0. The van der Waals surface area contributed by atoms with Gasteiger partial charge in [0.15, 0.2) is 0 Å². The standard InChI is InChI=1S/C20H39N/c1-8-19(15-11-9-13-17(2)3)16-12-10-14-18(4)21-20(5,6)7/h19,21H,2,4,8-16H2,1,3,5-7H3. The summed E-state index contributed by atoms with van der Waals surface area (Å²) in [6.45, 7) is 19.2. The highest BCUT2D eigenvalue weighted by Gasteiger charge is 2.10. The van der Waals surface area contributed by atoms with Crippen LogP contribution in [0, 0.1) is 5.92 Å². The maximum absolute atomic E-state index is 4.13. The van der Waals surface area contributed by atoms with Crippen LogP contribution in [-0.2, 0) is 0 Å². The summed E-state index contributed by atoms with van der Waals surface area (Å²) in [5, 5.41) is 3.47. The van der Waals surface area contributed by atoms with Crippen LogP contribution in [0.5, 0.6) is 0 Å². The zero-order chi connectivity index (χ0) is 16.3. The molecule has 1 N–H and O–H groups in total. The lowest BCUT2D eigenvalue weighted by atomic mass is 9.92. The first-order valence-corrected chi connectivity index (χ1v) is 8.85. The highest BCUT2D eigenvalue weighted by Crippen LogP contribution is 2.21. The van der Waals surface area contributed by atoms with Crippen LogP contribution in [0.3, 0.4) is 0 Å². The molecule has 0 rings (SSSR count). The molecular weight excluding hydrogens is 254 g/mol. The molecule has 21 heavy (non-hydrogen) atoms. The molecule has 0 aromatic carbocycles. The van der Waals surface area contributed by atoms with Gasteiger partial charge in [-0.1, -0.05) is 51.2 Å². The average molecular weight is 294 g/mol. The van der Waals surface area contributed by atoms with Crippen molar-refractivity contribution in [3.8, 4) is 0 Å². The molecule has 0 heterocycles. The molecule has 1 nitrogen and oxygen atoms in total. The lowest BCUT2D eigenvalue weighted by Gasteiger charge is -2.24. The van der Waals surface area contributed by atoms with Crippen LogP contribution in [0.2, 0.25) is 0 Å². The van der Waals surface area contributed by atoms with Crippen molar-refractivity contribution >= 4 is 0 Å². The Bertz CT molecular complexity index is 295. The van der Waals surface area contributed by atoms with E-state index in [1.54, 1.807) is 0 Å². The molecule has 0 spiro atoms. The van der Waals surface area contributed by atoms with Gasteiger partial charge in [-0.05, 0) is 59.3 Å². The Kier molecular flexibility index (Phi) is 10.6. The maximum Gasteiger partial charge on any atom is 0.0286 e. The van der Waals surface area contributed by atoms with Gasteiger partial charge in [0.05, 0.1) is 0 Å². The molecule has 0 amide bonds. The van der Waals surface area contributed by atoms with Crippen molar-refractivity contribution in [2.24, 2.45) is 5.92 Å². The average Bonchev–Trinajstić information content (AvgIpc) is 2.34. The second-order valence-corrected chi connectivity index (χ2v) is 7.70. The van der Waals surface area contributed by atoms with Gasteiger partial charge < -0.3 is 5.32 Å². The molecule has 0 aromatic heterocycles. The van der Waals surface area contributed by atoms with E-state index >= 15 is 0 Å². The Hall–Kier alpha value is -0.720. The monoisotopic (exact) mass is 293 g/mol. The van der Waals surface area contributed by atoms with Crippen LogP contribution in [0.25, 0.3) is 0 Å². The van der Waals surface area contributed by atoms with Crippen molar-refractivity contribution in [2.45, 2.75) is 97.9 Å². The lowest BCUT2D eigenvalue weighted by molar-refractivity contribution is 0.397. The van der Waals surface area contributed by atoms with E-state index in [0.717, 1.165) is 12.3 Å². The first kappa shape index (κ1) is 20.3. The predicted molar refractivity (Wildman–Crippen MR) is 97.6 cm³/mol. The third-order valence-corrected chi connectivity index (χ3v) is 3.94. The summed E-state index contributed by atoms with van der Waals surface area (Å²) in [4.78, 5) is 0. The molecular formula is C20H39N. The van der Waals surface area contributed by atoms with Crippen LogP contribution >= 0.6 is 0 Å². The summed E-state index contributed by atoms with van der Waals surface area (Å²) in [5.41, 5.74) is 2.66. The number of allylic oxidation sites excluding steroid dienone is 2. The fourth-order valence-electron chi connectivity index (χ4n) is 2.78. The smallest absolute Gasteiger partial charge is 0.0286 e. The number of rotatable bonds is 12. The molecule has 0 saturated carbocycles. The molecule has 0 bridgehead atoms. The topological polar surface area (TPSA) is 12.0 Å². The lowest BCUT2D eigenvalue weighted by Crippen LogP contribution is -2.34. The number of nitrogens with one attached hydrogen (secondary N) is 1. The summed E-state index contributed by atoms with van der Waals surface area (Å²) < 4.78 is 0. The van der Waals surface area contributed by atoms with Gasteiger partial charge in [-0.15, -0.1) is 6.58 Å². The van der Waals surface area contributed by atoms with E-state index in [-0.39, 0.29) is 5.54 Å². The van der Waals surface area contributed by atoms with E-state index in [1.165, 1.54) is 62.6 Å². The fraction of sp³-hybridized carbons (Fsp3) is 0.800. The largest absolute Gasteiger partial charge is 0.384 e. The molecule has 0 saturated heterocycles. The van der Waals surface area contributed by atoms with E-state index in [0.29, 0.717) is 0 Å². The molecule has 0 aliphatic carbocycles. The summed E-state index contributed by atoms with van der Waals surface area (Å²) in [6, 6.07) is 0. The molecule has 0 aliphatic heterocycles. The molecule has 1 atom stereocenters. The fourth-order valence-corrected chi connectivity index (χ4v) is 2.78. The first-order chi connectivity index (χ1) is 9.74. The Balaban J connectivity index is 3.67. The molecule has 0 aliphatic rings. The normalized spacial score (nSPS) is 13.0. The van der Waals surface area contributed by atoms with Crippen LogP contribution in [-0.4, -0.2) is 5.54 Å². The van der Waals surface area contributed by atoms with Crippen molar-refractivity contribution < 1.29 is 0 Å². The van der Waals surface area contributed by atoms with Crippen molar-refractivity contribution in [2.75, 3.05) is 0 Å². The van der Waals surface area contributed by atoms with Crippen molar-refractivity contribution in [1.29, 1.82) is 0 Å².